The first kappa shape index (κ1) is 17.8. The van der Waals surface area contributed by atoms with Crippen molar-refractivity contribution < 1.29 is 19.1 Å². The van der Waals surface area contributed by atoms with E-state index < -0.39 is 5.60 Å². The summed E-state index contributed by atoms with van der Waals surface area (Å²) in [5.41, 5.74) is -0.471. The van der Waals surface area contributed by atoms with E-state index in [1.165, 1.54) is 0 Å². The molecule has 2 unspecified atom stereocenters. The van der Waals surface area contributed by atoms with Gasteiger partial charge >= 0.3 is 6.09 Å². The minimum absolute atomic E-state index is 0.0775. The van der Waals surface area contributed by atoms with E-state index in [-0.39, 0.29) is 12.7 Å². The minimum atomic E-state index is -0.471. The number of aliphatic hydroxyl groups excluding tert-OH is 1. The summed E-state index contributed by atoms with van der Waals surface area (Å²) >= 11 is 0. The first-order chi connectivity index (χ1) is 10.9. The Morgan fingerprint density at radius 1 is 1.35 bits per heavy atom. The van der Waals surface area contributed by atoms with Crippen LogP contribution in [0.1, 0.15) is 51.6 Å². The highest BCUT2D eigenvalue weighted by Gasteiger charge is 2.28. The van der Waals surface area contributed by atoms with Crippen molar-refractivity contribution in [1.82, 2.24) is 10.6 Å². The first-order valence-electron chi connectivity index (χ1n) is 8.26. The molecule has 1 aliphatic carbocycles. The van der Waals surface area contributed by atoms with Gasteiger partial charge in [-0.15, -0.1) is 0 Å². The van der Waals surface area contributed by atoms with Gasteiger partial charge in [-0.25, -0.2) is 4.79 Å². The molecule has 2 rings (SSSR count). The van der Waals surface area contributed by atoms with Crippen LogP contribution in [0.2, 0.25) is 0 Å². The maximum absolute atomic E-state index is 11.7. The summed E-state index contributed by atoms with van der Waals surface area (Å²) in [4.78, 5) is 11.7. The second kappa shape index (κ2) is 7.84. The molecule has 0 aromatic carbocycles. The van der Waals surface area contributed by atoms with E-state index in [0.29, 0.717) is 30.8 Å². The van der Waals surface area contributed by atoms with Crippen LogP contribution in [0.4, 0.5) is 4.79 Å². The van der Waals surface area contributed by atoms with E-state index >= 15 is 0 Å². The van der Waals surface area contributed by atoms with Gasteiger partial charge in [-0.2, -0.15) is 0 Å². The van der Waals surface area contributed by atoms with Crippen molar-refractivity contribution in [2.75, 3.05) is 6.54 Å². The molecule has 2 atom stereocenters. The molecule has 0 radical (unpaired) electrons. The standard InChI is InChI=1S/C17H28N2O4/c1-17(2,3)23-16(21)19-9-12-5-4-6-15(12)18-10-13-7-8-14(11-20)22-13/h7-8,12,15,18,20H,4-6,9-11H2,1-3H3,(H,19,21). The van der Waals surface area contributed by atoms with E-state index in [0.717, 1.165) is 25.0 Å². The maximum Gasteiger partial charge on any atom is 0.407 e. The summed E-state index contributed by atoms with van der Waals surface area (Å²) in [6.07, 6.45) is 2.97. The molecule has 0 spiro atoms. The Morgan fingerprint density at radius 2 is 2.09 bits per heavy atom. The molecule has 1 aliphatic rings. The van der Waals surface area contributed by atoms with Crippen LogP contribution < -0.4 is 10.6 Å². The minimum Gasteiger partial charge on any atom is -0.462 e. The van der Waals surface area contributed by atoms with Crippen LogP contribution in [0, 0.1) is 5.92 Å². The molecule has 1 heterocycles. The van der Waals surface area contributed by atoms with Gasteiger partial charge in [0.15, 0.2) is 0 Å². The Kier molecular flexibility index (Phi) is 6.07. The average Bonchev–Trinajstić information content (AvgIpc) is 3.10. The number of carbonyl (C=O) groups excluding carboxylic acids is 1. The van der Waals surface area contributed by atoms with Gasteiger partial charge in [0.05, 0.1) is 6.54 Å². The van der Waals surface area contributed by atoms with Gasteiger partial charge < -0.3 is 24.9 Å². The van der Waals surface area contributed by atoms with E-state index in [9.17, 15) is 4.79 Å². The number of carbonyl (C=O) groups is 1. The molecule has 130 valence electrons. The Morgan fingerprint density at radius 3 is 2.74 bits per heavy atom. The third-order valence-corrected chi connectivity index (χ3v) is 3.98. The fraction of sp³-hybridized carbons (Fsp3) is 0.706. The Balaban J connectivity index is 1.75. The molecule has 6 nitrogen and oxygen atoms in total. The predicted molar refractivity (Wildman–Crippen MR) is 86.8 cm³/mol. The van der Waals surface area contributed by atoms with Crippen LogP contribution in [-0.2, 0) is 17.9 Å². The molecule has 0 bridgehead atoms. The first-order valence-corrected chi connectivity index (χ1v) is 8.26. The fourth-order valence-corrected chi connectivity index (χ4v) is 2.91. The van der Waals surface area contributed by atoms with Gasteiger partial charge in [0, 0.05) is 12.6 Å². The van der Waals surface area contributed by atoms with Crippen LogP contribution >= 0.6 is 0 Å². The number of hydrogen-bond acceptors (Lipinski definition) is 5. The average molecular weight is 324 g/mol. The molecule has 1 amide bonds. The molecular formula is C17H28N2O4. The van der Waals surface area contributed by atoms with Crippen molar-refractivity contribution in [2.45, 2.75) is 64.8 Å². The number of rotatable bonds is 6. The second-order valence-corrected chi connectivity index (χ2v) is 7.09. The van der Waals surface area contributed by atoms with Crippen LogP contribution in [0.5, 0.6) is 0 Å². The lowest BCUT2D eigenvalue weighted by Gasteiger charge is -2.23. The zero-order chi connectivity index (χ0) is 16.9. The third kappa shape index (κ3) is 5.88. The fourth-order valence-electron chi connectivity index (χ4n) is 2.91. The number of aliphatic hydroxyl groups is 1. The highest BCUT2D eigenvalue weighted by Crippen LogP contribution is 2.25. The van der Waals surface area contributed by atoms with Crippen LogP contribution in [0.25, 0.3) is 0 Å². The monoisotopic (exact) mass is 324 g/mol. The number of nitrogens with one attached hydrogen (secondary N) is 2. The summed E-state index contributed by atoms with van der Waals surface area (Å²) < 4.78 is 10.7. The largest absolute Gasteiger partial charge is 0.462 e. The SMILES string of the molecule is CC(C)(C)OC(=O)NCC1CCCC1NCc1ccc(CO)o1. The quantitative estimate of drug-likeness (QED) is 0.749. The maximum atomic E-state index is 11.7. The summed E-state index contributed by atoms with van der Waals surface area (Å²) in [7, 11) is 0. The van der Waals surface area contributed by atoms with Gasteiger partial charge in [-0.05, 0) is 51.7 Å². The normalized spacial score (nSPS) is 21.4. The zero-order valence-electron chi connectivity index (χ0n) is 14.2. The van der Waals surface area contributed by atoms with Crippen molar-refractivity contribution in [1.29, 1.82) is 0 Å². The van der Waals surface area contributed by atoms with Gasteiger partial charge in [0.25, 0.3) is 0 Å². The predicted octanol–water partition coefficient (Wildman–Crippen LogP) is 2.55. The van der Waals surface area contributed by atoms with E-state index in [1.54, 1.807) is 6.07 Å². The van der Waals surface area contributed by atoms with Gasteiger partial charge in [-0.3, -0.25) is 0 Å². The van der Waals surface area contributed by atoms with Crippen LogP contribution in [-0.4, -0.2) is 29.4 Å². The number of hydrogen-bond donors (Lipinski definition) is 3. The van der Waals surface area contributed by atoms with Crippen molar-refractivity contribution in [3.05, 3.63) is 23.7 Å². The summed E-state index contributed by atoms with van der Waals surface area (Å²) in [5.74, 6) is 1.80. The van der Waals surface area contributed by atoms with E-state index in [2.05, 4.69) is 10.6 Å². The lowest BCUT2D eigenvalue weighted by Crippen LogP contribution is -2.40. The van der Waals surface area contributed by atoms with Crippen molar-refractivity contribution in [2.24, 2.45) is 5.92 Å². The van der Waals surface area contributed by atoms with Crippen molar-refractivity contribution >= 4 is 6.09 Å². The molecule has 1 saturated carbocycles. The van der Waals surface area contributed by atoms with Crippen LogP contribution in [0.3, 0.4) is 0 Å². The molecule has 6 heteroatoms. The van der Waals surface area contributed by atoms with E-state index in [1.807, 2.05) is 26.8 Å². The summed E-state index contributed by atoms with van der Waals surface area (Å²) in [6.45, 7) is 6.75. The highest BCUT2D eigenvalue weighted by atomic mass is 16.6. The number of alkyl carbamates (subject to hydrolysis) is 1. The molecule has 1 fully saturated rings. The van der Waals surface area contributed by atoms with E-state index in [4.69, 9.17) is 14.3 Å². The highest BCUT2D eigenvalue weighted by molar-refractivity contribution is 5.67. The van der Waals surface area contributed by atoms with Crippen molar-refractivity contribution in [3.63, 3.8) is 0 Å². The lowest BCUT2D eigenvalue weighted by atomic mass is 10.0. The van der Waals surface area contributed by atoms with Crippen LogP contribution in [0.15, 0.2) is 16.5 Å². The Hall–Kier alpha value is -1.53. The molecule has 23 heavy (non-hydrogen) atoms. The van der Waals surface area contributed by atoms with Gasteiger partial charge in [0.2, 0.25) is 0 Å². The topological polar surface area (TPSA) is 83.7 Å². The van der Waals surface area contributed by atoms with Gasteiger partial charge in [0.1, 0.15) is 23.7 Å². The molecule has 0 saturated heterocycles. The zero-order valence-corrected chi connectivity index (χ0v) is 14.2. The number of ether oxygens (including phenoxy) is 1. The Bertz CT molecular complexity index is 507. The number of furan rings is 1. The molecule has 1 aromatic rings. The Labute approximate surface area is 137 Å². The lowest BCUT2D eigenvalue weighted by molar-refractivity contribution is 0.0517. The van der Waals surface area contributed by atoms with Crippen molar-refractivity contribution in [3.8, 4) is 0 Å². The third-order valence-electron chi connectivity index (χ3n) is 3.98. The molecule has 1 aromatic heterocycles. The smallest absolute Gasteiger partial charge is 0.407 e. The summed E-state index contributed by atoms with van der Waals surface area (Å²) in [5, 5.41) is 15.4. The molecular weight excluding hydrogens is 296 g/mol. The molecule has 3 N–H and O–H groups in total. The van der Waals surface area contributed by atoms with Gasteiger partial charge in [-0.1, -0.05) is 6.42 Å². The number of amides is 1. The second-order valence-electron chi connectivity index (χ2n) is 7.09. The summed E-state index contributed by atoms with van der Waals surface area (Å²) in [6, 6.07) is 4.02. The molecule has 0 aliphatic heterocycles.